The van der Waals surface area contributed by atoms with Crippen molar-refractivity contribution < 1.29 is 18.7 Å². The number of ether oxygens (including phenoxy) is 2. The van der Waals surface area contributed by atoms with Crippen LogP contribution in [-0.2, 0) is 11.3 Å². The summed E-state index contributed by atoms with van der Waals surface area (Å²) in [6.07, 6.45) is 4.70. The summed E-state index contributed by atoms with van der Waals surface area (Å²) in [6, 6.07) is 14.0. The number of benzene rings is 1. The van der Waals surface area contributed by atoms with Crippen molar-refractivity contribution in [2.24, 2.45) is 0 Å². The van der Waals surface area contributed by atoms with Gasteiger partial charge in [-0.15, -0.1) is 0 Å². The van der Waals surface area contributed by atoms with Crippen molar-refractivity contribution in [3.8, 4) is 17.4 Å². The van der Waals surface area contributed by atoms with E-state index in [1.165, 1.54) is 12.0 Å². The van der Waals surface area contributed by atoms with Gasteiger partial charge in [0.05, 0.1) is 13.7 Å². The van der Waals surface area contributed by atoms with Crippen molar-refractivity contribution in [1.82, 2.24) is 9.97 Å². The van der Waals surface area contributed by atoms with Crippen molar-refractivity contribution in [3.05, 3.63) is 72.7 Å². The molecule has 0 atom stereocenters. The number of carbonyl (C=O) groups excluding carboxylic acids is 1. The van der Waals surface area contributed by atoms with Gasteiger partial charge in [-0.25, -0.2) is 9.37 Å². The molecule has 0 saturated carbocycles. The molecule has 2 heterocycles. The summed E-state index contributed by atoms with van der Waals surface area (Å²) >= 11 is 0. The molecule has 0 bridgehead atoms. The lowest BCUT2D eigenvalue weighted by molar-refractivity contribution is -0.119. The van der Waals surface area contributed by atoms with E-state index in [1.807, 2.05) is 18.2 Å². The van der Waals surface area contributed by atoms with E-state index >= 15 is 0 Å². The number of methoxy groups -OCH3 is 1. The summed E-state index contributed by atoms with van der Waals surface area (Å²) in [5, 5.41) is 0. The molecule has 7 heteroatoms. The average molecular weight is 367 g/mol. The summed E-state index contributed by atoms with van der Waals surface area (Å²) in [6.45, 7) is -1.08. The maximum atomic E-state index is 13.3. The van der Waals surface area contributed by atoms with E-state index in [0.29, 0.717) is 22.7 Å². The number of alkyl halides is 1. The van der Waals surface area contributed by atoms with Crippen LogP contribution in [0.15, 0.2) is 67.1 Å². The van der Waals surface area contributed by atoms with Gasteiger partial charge >= 0.3 is 0 Å². The number of aromatic nitrogens is 2. The average Bonchev–Trinajstić information content (AvgIpc) is 2.73. The normalized spacial score (nSPS) is 10.3. The minimum atomic E-state index is -1.15. The Morgan fingerprint density at radius 1 is 1.11 bits per heavy atom. The number of halogens is 1. The molecule has 6 nitrogen and oxygen atoms in total. The van der Waals surface area contributed by atoms with Crippen LogP contribution in [0.2, 0.25) is 0 Å². The molecule has 3 rings (SSSR count). The van der Waals surface area contributed by atoms with Crippen LogP contribution in [0.25, 0.3) is 0 Å². The monoisotopic (exact) mass is 367 g/mol. The van der Waals surface area contributed by atoms with E-state index in [0.717, 1.165) is 0 Å². The SMILES string of the molecule is COc1ccncc1CN(C(=O)CF)c1cccnc1Oc1ccccc1. The minimum Gasteiger partial charge on any atom is -0.496 e. The number of hydrogen-bond acceptors (Lipinski definition) is 5. The van der Waals surface area contributed by atoms with Crippen LogP contribution in [0, 0.1) is 0 Å². The van der Waals surface area contributed by atoms with Gasteiger partial charge in [-0.05, 0) is 30.3 Å². The van der Waals surface area contributed by atoms with Crippen LogP contribution in [0.3, 0.4) is 0 Å². The van der Waals surface area contributed by atoms with E-state index in [-0.39, 0.29) is 12.4 Å². The fourth-order valence-corrected chi connectivity index (χ4v) is 2.55. The quantitative estimate of drug-likeness (QED) is 0.636. The van der Waals surface area contributed by atoms with Gasteiger partial charge in [0.25, 0.3) is 5.91 Å². The van der Waals surface area contributed by atoms with Gasteiger partial charge in [0.1, 0.15) is 17.2 Å². The standard InChI is InChI=1S/C20H18FN3O3/c1-26-18-9-11-22-13-15(18)14-24(19(25)12-21)17-8-5-10-23-20(17)27-16-6-3-2-4-7-16/h2-11,13H,12,14H2,1H3. The lowest BCUT2D eigenvalue weighted by Gasteiger charge is -2.24. The molecule has 3 aromatic rings. The summed E-state index contributed by atoms with van der Waals surface area (Å²) < 4.78 is 24.4. The third-order valence-corrected chi connectivity index (χ3v) is 3.82. The van der Waals surface area contributed by atoms with Gasteiger partial charge in [0.2, 0.25) is 5.88 Å². The van der Waals surface area contributed by atoms with Crippen LogP contribution in [0.1, 0.15) is 5.56 Å². The Hall–Kier alpha value is -3.48. The Labute approximate surface area is 156 Å². The zero-order chi connectivity index (χ0) is 19.1. The molecular weight excluding hydrogens is 349 g/mol. The predicted octanol–water partition coefficient (Wildman–Crippen LogP) is 3.78. The van der Waals surface area contributed by atoms with E-state index in [1.54, 1.807) is 48.9 Å². The Bertz CT molecular complexity index is 906. The number of hydrogen-bond donors (Lipinski definition) is 0. The van der Waals surface area contributed by atoms with Crippen molar-refractivity contribution >= 4 is 11.6 Å². The molecular formula is C20H18FN3O3. The number of rotatable bonds is 7. The first-order chi connectivity index (χ1) is 13.2. The molecule has 0 aliphatic heterocycles. The molecule has 27 heavy (non-hydrogen) atoms. The highest BCUT2D eigenvalue weighted by Gasteiger charge is 2.22. The molecule has 0 N–H and O–H groups in total. The van der Waals surface area contributed by atoms with Gasteiger partial charge in [-0.2, -0.15) is 0 Å². The van der Waals surface area contributed by atoms with E-state index < -0.39 is 12.6 Å². The zero-order valence-electron chi connectivity index (χ0n) is 14.7. The van der Waals surface area contributed by atoms with Gasteiger partial charge in [0, 0.05) is 24.2 Å². The van der Waals surface area contributed by atoms with E-state index in [2.05, 4.69) is 9.97 Å². The molecule has 138 valence electrons. The number of amides is 1. The van der Waals surface area contributed by atoms with Gasteiger partial charge < -0.3 is 14.4 Å². The summed E-state index contributed by atoms with van der Waals surface area (Å²) in [5.74, 6) is 0.598. The zero-order valence-corrected chi connectivity index (χ0v) is 14.7. The first-order valence-electron chi connectivity index (χ1n) is 8.24. The fourth-order valence-electron chi connectivity index (χ4n) is 2.55. The molecule has 0 spiro atoms. The van der Waals surface area contributed by atoms with Crippen LogP contribution in [0.4, 0.5) is 10.1 Å². The Balaban J connectivity index is 1.97. The Kier molecular flexibility index (Phi) is 5.94. The van der Waals surface area contributed by atoms with Crippen molar-refractivity contribution in [1.29, 1.82) is 0 Å². The minimum absolute atomic E-state index is 0.0661. The Morgan fingerprint density at radius 2 is 1.93 bits per heavy atom. The highest BCUT2D eigenvalue weighted by atomic mass is 19.1. The first-order valence-corrected chi connectivity index (χ1v) is 8.24. The molecule has 0 aliphatic carbocycles. The summed E-state index contributed by atoms with van der Waals surface area (Å²) in [5.41, 5.74) is 0.992. The molecule has 0 aliphatic rings. The van der Waals surface area contributed by atoms with Crippen molar-refractivity contribution in [3.63, 3.8) is 0 Å². The highest BCUT2D eigenvalue weighted by Crippen LogP contribution is 2.32. The maximum absolute atomic E-state index is 13.3. The summed E-state index contributed by atoms with van der Waals surface area (Å²) in [4.78, 5) is 21.9. The number of carbonyl (C=O) groups is 1. The van der Waals surface area contributed by atoms with Crippen LogP contribution in [-0.4, -0.2) is 29.7 Å². The van der Waals surface area contributed by atoms with E-state index in [4.69, 9.17) is 9.47 Å². The van der Waals surface area contributed by atoms with E-state index in [9.17, 15) is 9.18 Å². The smallest absolute Gasteiger partial charge is 0.258 e. The molecule has 1 amide bonds. The molecule has 0 unspecified atom stereocenters. The first kappa shape index (κ1) is 18.3. The maximum Gasteiger partial charge on any atom is 0.258 e. The number of anilines is 1. The van der Waals surface area contributed by atoms with Crippen molar-refractivity contribution in [2.45, 2.75) is 6.54 Å². The Morgan fingerprint density at radius 3 is 2.67 bits per heavy atom. The summed E-state index contributed by atoms with van der Waals surface area (Å²) in [7, 11) is 1.52. The van der Waals surface area contributed by atoms with Gasteiger partial charge in [0.15, 0.2) is 6.67 Å². The van der Waals surface area contributed by atoms with Crippen LogP contribution in [0.5, 0.6) is 17.4 Å². The second kappa shape index (κ2) is 8.75. The highest BCUT2D eigenvalue weighted by molar-refractivity contribution is 5.95. The molecule has 0 fully saturated rings. The predicted molar refractivity (Wildman–Crippen MR) is 98.7 cm³/mol. The third kappa shape index (κ3) is 4.38. The second-order valence-corrected chi connectivity index (χ2v) is 5.54. The largest absolute Gasteiger partial charge is 0.496 e. The lowest BCUT2D eigenvalue weighted by atomic mass is 10.2. The van der Waals surface area contributed by atoms with Crippen LogP contribution < -0.4 is 14.4 Å². The second-order valence-electron chi connectivity index (χ2n) is 5.54. The molecule has 0 saturated heterocycles. The number of pyridine rings is 2. The number of nitrogens with zero attached hydrogens (tertiary/aromatic N) is 3. The van der Waals surface area contributed by atoms with Crippen molar-refractivity contribution in [2.75, 3.05) is 18.7 Å². The fraction of sp³-hybridized carbons (Fsp3) is 0.150. The molecule has 0 radical (unpaired) electrons. The third-order valence-electron chi connectivity index (χ3n) is 3.82. The lowest BCUT2D eigenvalue weighted by Crippen LogP contribution is -2.32. The van der Waals surface area contributed by atoms with Gasteiger partial charge in [-0.1, -0.05) is 18.2 Å². The molecule has 1 aromatic carbocycles. The molecule has 2 aromatic heterocycles. The van der Waals surface area contributed by atoms with Gasteiger partial charge in [-0.3, -0.25) is 9.78 Å². The van der Waals surface area contributed by atoms with Crippen LogP contribution >= 0.6 is 0 Å². The topological polar surface area (TPSA) is 64.5 Å². The number of para-hydroxylation sites is 1.